The molecule has 0 aliphatic rings. The molecular formula is C28H35F3O. The average Bonchev–Trinajstić information content (AvgIpc) is 2.76. The Labute approximate surface area is 191 Å². The minimum Gasteiger partial charge on any atom is -0.373 e. The molecule has 1 atom stereocenters. The van der Waals surface area contributed by atoms with Gasteiger partial charge in [0, 0.05) is 17.8 Å². The van der Waals surface area contributed by atoms with Gasteiger partial charge in [-0.2, -0.15) is 0 Å². The topological polar surface area (TPSA) is 9.23 Å². The van der Waals surface area contributed by atoms with E-state index in [1.165, 1.54) is 18.2 Å². The van der Waals surface area contributed by atoms with Gasteiger partial charge >= 0.3 is 0 Å². The second-order valence-corrected chi connectivity index (χ2v) is 7.83. The molecule has 174 valence electrons. The molecule has 0 aliphatic carbocycles. The minimum atomic E-state index is -1.13. The normalized spacial score (nSPS) is 13.5. The number of hydrogen-bond acceptors (Lipinski definition) is 1. The molecule has 32 heavy (non-hydrogen) atoms. The highest BCUT2D eigenvalue weighted by Crippen LogP contribution is 2.29. The van der Waals surface area contributed by atoms with E-state index in [0.29, 0.717) is 24.5 Å². The van der Waals surface area contributed by atoms with Gasteiger partial charge < -0.3 is 4.74 Å². The molecular weight excluding hydrogens is 409 g/mol. The Kier molecular flexibility index (Phi) is 13.0. The van der Waals surface area contributed by atoms with Gasteiger partial charge in [0.15, 0.2) is 11.7 Å². The van der Waals surface area contributed by atoms with E-state index in [1.807, 2.05) is 13.8 Å². The Morgan fingerprint density at radius 1 is 0.844 bits per heavy atom. The molecule has 0 N–H and O–H groups in total. The lowest BCUT2D eigenvalue weighted by Gasteiger charge is -2.16. The summed E-state index contributed by atoms with van der Waals surface area (Å²) in [6.07, 6.45) is 5.92. The Hall–Kier alpha value is -2.85. The first-order valence-corrected chi connectivity index (χ1v) is 10.3. The summed E-state index contributed by atoms with van der Waals surface area (Å²) < 4.78 is 48.6. The van der Waals surface area contributed by atoms with Crippen molar-refractivity contribution in [3.63, 3.8) is 0 Å². The molecule has 0 fully saturated rings. The molecule has 0 saturated heterocycles. The van der Waals surface area contributed by atoms with Crippen LogP contribution < -0.4 is 0 Å². The van der Waals surface area contributed by atoms with Crippen LogP contribution in [0.1, 0.15) is 33.6 Å². The van der Waals surface area contributed by atoms with Crippen LogP contribution in [0.4, 0.5) is 13.2 Å². The molecule has 4 heteroatoms. The monoisotopic (exact) mass is 444 g/mol. The first-order chi connectivity index (χ1) is 14.8. The van der Waals surface area contributed by atoms with Crippen molar-refractivity contribution < 1.29 is 17.9 Å². The van der Waals surface area contributed by atoms with E-state index in [4.69, 9.17) is 4.74 Å². The number of ether oxygens (including phenoxy) is 1. The molecule has 0 heterocycles. The summed E-state index contributed by atoms with van der Waals surface area (Å²) in [5.74, 6) is -2.45. The van der Waals surface area contributed by atoms with Crippen molar-refractivity contribution in [2.45, 2.75) is 39.7 Å². The summed E-state index contributed by atoms with van der Waals surface area (Å²) >= 11 is 0. The Balaban J connectivity index is 5.16. The Bertz CT molecular complexity index is 878. The third-order valence-corrected chi connectivity index (χ3v) is 4.48. The second kappa shape index (κ2) is 14.3. The molecule has 0 radical (unpaired) electrons. The van der Waals surface area contributed by atoms with E-state index < -0.39 is 23.6 Å². The van der Waals surface area contributed by atoms with E-state index in [9.17, 15) is 13.2 Å². The zero-order valence-corrected chi connectivity index (χ0v) is 19.6. The summed E-state index contributed by atoms with van der Waals surface area (Å²) in [4.78, 5) is 0. The predicted octanol–water partition coefficient (Wildman–Crippen LogP) is 8.91. The summed E-state index contributed by atoms with van der Waals surface area (Å²) in [6, 6.07) is 0. The lowest BCUT2D eigenvalue weighted by Crippen LogP contribution is -2.15. The standard InChI is InChI=1S/C28H35F3O/c1-11-12-13-21(6)27(30)28(31)23(8)20(5)15-14-19(4)22(7)16-26(29)24(9)25(10)32-17-18(2)3/h11,14-16,18,25H,1,4-9,12-13,17H2,2-3,10H3/b15-14-,26-16+,28-27-. The van der Waals surface area contributed by atoms with Crippen LogP contribution in [0.3, 0.4) is 0 Å². The largest absolute Gasteiger partial charge is 0.373 e. The number of allylic oxidation sites excluding steroid dienone is 11. The van der Waals surface area contributed by atoms with Gasteiger partial charge in [-0.05, 0) is 54.1 Å². The lowest BCUT2D eigenvalue weighted by molar-refractivity contribution is 0.0693. The summed E-state index contributed by atoms with van der Waals surface area (Å²) in [5.41, 5.74) is 0.773. The predicted molar refractivity (Wildman–Crippen MR) is 132 cm³/mol. The van der Waals surface area contributed by atoms with Gasteiger partial charge in [-0.15, -0.1) is 6.58 Å². The highest BCUT2D eigenvalue weighted by molar-refractivity contribution is 5.53. The van der Waals surface area contributed by atoms with Gasteiger partial charge in [0.2, 0.25) is 0 Å². The highest BCUT2D eigenvalue weighted by Gasteiger charge is 2.15. The molecule has 0 aromatic carbocycles. The van der Waals surface area contributed by atoms with Crippen LogP contribution in [0.25, 0.3) is 0 Å². The second-order valence-electron chi connectivity index (χ2n) is 7.83. The lowest BCUT2D eigenvalue weighted by atomic mass is 10.0. The van der Waals surface area contributed by atoms with Gasteiger partial charge in [0.1, 0.15) is 5.83 Å². The quantitative estimate of drug-likeness (QED) is 0.181. The van der Waals surface area contributed by atoms with Crippen molar-refractivity contribution in [1.29, 1.82) is 0 Å². The molecule has 0 rings (SSSR count). The van der Waals surface area contributed by atoms with E-state index >= 15 is 0 Å². The first kappa shape index (κ1) is 29.1. The fourth-order valence-electron chi connectivity index (χ4n) is 2.19. The van der Waals surface area contributed by atoms with E-state index in [1.54, 1.807) is 13.0 Å². The van der Waals surface area contributed by atoms with Crippen molar-refractivity contribution in [3.8, 4) is 0 Å². The van der Waals surface area contributed by atoms with Crippen LogP contribution in [-0.4, -0.2) is 12.7 Å². The van der Waals surface area contributed by atoms with Crippen LogP contribution in [0.2, 0.25) is 0 Å². The van der Waals surface area contributed by atoms with Crippen molar-refractivity contribution in [1.82, 2.24) is 0 Å². The molecule has 0 aromatic rings. The van der Waals surface area contributed by atoms with Crippen LogP contribution in [0.15, 0.2) is 121 Å². The van der Waals surface area contributed by atoms with Crippen molar-refractivity contribution >= 4 is 0 Å². The zero-order chi connectivity index (χ0) is 25.0. The van der Waals surface area contributed by atoms with Gasteiger partial charge in [0.05, 0.1) is 6.10 Å². The minimum absolute atomic E-state index is 0.0190. The van der Waals surface area contributed by atoms with Crippen LogP contribution in [0.5, 0.6) is 0 Å². The van der Waals surface area contributed by atoms with Crippen molar-refractivity contribution in [2.24, 2.45) is 5.92 Å². The molecule has 1 nitrogen and oxygen atoms in total. The van der Waals surface area contributed by atoms with Crippen LogP contribution in [-0.2, 0) is 4.74 Å². The molecule has 0 amide bonds. The first-order valence-electron chi connectivity index (χ1n) is 10.3. The highest BCUT2D eigenvalue weighted by atomic mass is 19.2. The van der Waals surface area contributed by atoms with E-state index in [2.05, 4.69) is 46.1 Å². The number of halogens is 3. The maximum absolute atomic E-state index is 14.5. The van der Waals surface area contributed by atoms with Gasteiger partial charge in [0.25, 0.3) is 0 Å². The van der Waals surface area contributed by atoms with Gasteiger partial charge in [-0.25, -0.2) is 13.2 Å². The Morgan fingerprint density at radius 3 is 1.94 bits per heavy atom. The molecule has 0 aromatic heterocycles. The molecule has 0 spiro atoms. The van der Waals surface area contributed by atoms with Crippen molar-refractivity contribution in [2.75, 3.05) is 6.61 Å². The SMILES string of the molecule is C=CCCC(=C)/C(F)=C(/F)C(=C)C(=C)/C=C\C(=C)C(=C)/C=C(/F)C(=C)C(C)OCC(C)C. The number of rotatable bonds is 15. The number of hydrogen-bond donors (Lipinski definition) is 0. The molecule has 0 bridgehead atoms. The molecule has 0 saturated carbocycles. The third kappa shape index (κ3) is 9.97. The average molecular weight is 445 g/mol. The van der Waals surface area contributed by atoms with Gasteiger partial charge in [-0.3, -0.25) is 0 Å². The summed E-state index contributed by atoms with van der Waals surface area (Å²) in [5, 5.41) is 0. The maximum Gasteiger partial charge on any atom is 0.166 e. The maximum atomic E-state index is 14.5. The van der Waals surface area contributed by atoms with Crippen LogP contribution in [0, 0.1) is 5.92 Å². The van der Waals surface area contributed by atoms with Crippen LogP contribution >= 0.6 is 0 Å². The van der Waals surface area contributed by atoms with Crippen molar-refractivity contribution in [3.05, 3.63) is 121 Å². The summed E-state index contributed by atoms with van der Waals surface area (Å²) in [6.45, 7) is 31.8. The molecule has 1 unspecified atom stereocenters. The summed E-state index contributed by atoms with van der Waals surface area (Å²) in [7, 11) is 0. The fourth-order valence-corrected chi connectivity index (χ4v) is 2.19. The van der Waals surface area contributed by atoms with Gasteiger partial charge in [-0.1, -0.05) is 71.5 Å². The Morgan fingerprint density at radius 2 is 1.41 bits per heavy atom. The fraction of sp³-hybridized carbons (Fsp3) is 0.286. The van der Waals surface area contributed by atoms with E-state index in [0.717, 1.165) is 0 Å². The third-order valence-electron chi connectivity index (χ3n) is 4.48. The molecule has 0 aliphatic heterocycles. The van der Waals surface area contributed by atoms with E-state index in [-0.39, 0.29) is 34.3 Å². The zero-order valence-electron chi connectivity index (χ0n) is 19.6. The smallest absolute Gasteiger partial charge is 0.166 e.